The van der Waals surface area contributed by atoms with Crippen molar-refractivity contribution < 1.29 is 14.3 Å². The van der Waals surface area contributed by atoms with Crippen LogP contribution < -0.4 is 15.4 Å². The summed E-state index contributed by atoms with van der Waals surface area (Å²) < 4.78 is 11.1. The second-order valence-electron chi connectivity index (χ2n) is 6.72. The highest BCUT2D eigenvalue weighted by molar-refractivity contribution is 5.93. The monoisotopic (exact) mass is 390 g/mol. The van der Waals surface area contributed by atoms with Gasteiger partial charge in [-0.15, -0.1) is 10.2 Å². The van der Waals surface area contributed by atoms with Gasteiger partial charge in [0.05, 0.1) is 0 Å². The Bertz CT molecular complexity index is 925. The molecular formula is C22H22N4O3. The van der Waals surface area contributed by atoms with Gasteiger partial charge in [0.15, 0.2) is 11.6 Å². The third-order valence-electron chi connectivity index (χ3n) is 4.51. The summed E-state index contributed by atoms with van der Waals surface area (Å²) in [5, 5.41) is 14.0. The van der Waals surface area contributed by atoms with Crippen LogP contribution >= 0.6 is 0 Å². The van der Waals surface area contributed by atoms with Gasteiger partial charge in [0.2, 0.25) is 0 Å². The van der Waals surface area contributed by atoms with E-state index in [2.05, 4.69) is 20.8 Å². The molecular weight excluding hydrogens is 368 g/mol. The van der Waals surface area contributed by atoms with Crippen LogP contribution in [0, 0.1) is 0 Å². The van der Waals surface area contributed by atoms with Crippen LogP contribution in [0.2, 0.25) is 0 Å². The van der Waals surface area contributed by atoms with Gasteiger partial charge in [-0.25, -0.2) is 0 Å². The lowest BCUT2D eigenvalue weighted by Gasteiger charge is -2.10. The van der Waals surface area contributed by atoms with E-state index >= 15 is 0 Å². The predicted molar refractivity (Wildman–Crippen MR) is 110 cm³/mol. The first-order valence-corrected chi connectivity index (χ1v) is 9.56. The molecule has 1 aliphatic heterocycles. The number of nitrogens with one attached hydrogen (secondary N) is 2. The molecule has 7 heteroatoms. The number of amides is 1. The van der Waals surface area contributed by atoms with E-state index in [-0.39, 0.29) is 5.91 Å². The Kier molecular flexibility index (Phi) is 5.97. The van der Waals surface area contributed by atoms with Gasteiger partial charge in [-0.1, -0.05) is 30.3 Å². The van der Waals surface area contributed by atoms with Gasteiger partial charge in [-0.3, -0.25) is 4.79 Å². The summed E-state index contributed by atoms with van der Waals surface area (Å²) in [4.78, 5) is 12.0. The number of anilines is 3. The molecule has 7 nitrogen and oxygen atoms in total. The van der Waals surface area contributed by atoms with Crippen molar-refractivity contribution in [3.8, 4) is 5.75 Å². The fourth-order valence-corrected chi connectivity index (χ4v) is 2.98. The quantitative estimate of drug-likeness (QED) is 0.636. The van der Waals surface area contributed by atoms with E-state index in [4.69, 9.17) is 9.47 Å². The van der Waals surface area contributed by atoms with Crippen molar-refractivity contribution in [3.05, 3.63) is 72.3 Å². The molecule has 0 radical (unpaired) electrons. The Labute approximate surface area is 169 Å². The van der Waals surface area contributed by atoms with E-state index in [0.29, 0.717) is 24.8 Å². The lowest BCUT2D eigenvalue weighted by Crippen LogP contribution is -2.27. The highest BCUT2D eigenvalue weighted by Crippen LogP contribution is 2.20. The summed E-state index contributed by atoms with van der Waals surface area (Å²) in [6, 6.07) is 21.1. The highest BCUT2D eigenvalue weighted by Gasteiger charge is 2.23. The molecule has 0 spiro atoms. The molecule has 2 aromatic carbocycles. The van der Waals surface area contributed by atoms with E-state index in [0.717, 1.165) is 29.8 Å². The molecule has 3 aromatic rings. The van der Waals surface area contributed by atoms with E-state index < -0.39 is 6.10 Å². The van der Waals surface area contributed by atoms with Crippen molar-refractivity contribution in [2.45, 2.75) is 25.6 Å². The summed E-state index contributed by atoms with van der Waals surface area (Å²) >= 11 is 0. The smallest absolute Gasteiger partial charge is 0.254 e. The van der Waals surface area contributed by atoms with Crippen molar-refractivity contribution >= 4 is 23.2 Å². The molecule has 1 atom stereocenters. The topological polar surface area (TPSA) is 85.4 Å². The van der Waals surface area contributed by atoms with Crippen LogP contribution in [-0.2, 0) is 16.1 Å². The molecule has 2 heterocycles. The third-order valence-corrected chi connectivity index (χ3v) is 4.51. The second kappa shape index (κ2) is 9.16. The van der Waals surface area contributed by atoms with Crippen molar-refractivity contribution in [1.29, 1.82) is 0 Å². The summed E-state index contributed by atoms with van der Waals surface area (Å²) in [5.41, 5.74) is 1.99. The lowest BCUT2D eigenvalue weighted by molar-refractivity contribution is -0.124. The standard InChI is InChI=1S/C22H22N4O3/c27-22(19-7-4-14-28-19)24-21-13-12-20(25-26-21)23-17-8-10-18(11-9-17)29-15-16-5-2-1-3-6-16/h1-3,5-6,8-13,19H,4,7,14-15H2,(H,23,25)(H,24,26,27). The molecule has 0 bridgehead atoms. The largest absolute Gasteiger partial charge is 0.489 e. The van der Waals surface area contributed by atoms with E-state index in [1.165, 1.54) is 0 Å². The first-order chi connectivity index (χ1) is 14.3. The second-order valence-corrected chi connectivity index (χ2v) is 6.72. The molecule has 2 N–H and O–H groups in total. The molecule has 0 saturated carbocycles. The summed E-state index contributed by atoms with van der Waals surface area (Å²) in [5.74, 6) is 1.60. The van der Waals surface area contributed by atoms with Crippen molar-refractivity contribution in [3.63, 3.8) is 0 Å². The number of carbonyl (C=O) groups excluding carboxylic acids is 1. The molecule has 4 rings (SSSR count). The SMILES string of the molecule is O=C(Nc1ccc(Nc2ccc(OCc3ccccc3)cc2)nn1)C1CCCO1. The minimum atomic E-state index is -0.391. The van der Waals surface area contributed by atoms with E-state index in [1.54, 1.807) is 12.1 Å². The number of rotatable bonds is 7. The summed E-state index contributed by atoms with van der Waals surface area (Å²) in [6.07, 6.45) is 1.25. The number of nitrogens with zero attached hydrogens (tertiary/aromatic N) is 2. The number of hydrogen-bond acceptors (Lipinski definition) is 6. The van der Waals surface area contributed by atoms with Gasteiger partial charge in [-0.2, -0.15) is 0 Å². The fourth-order valence-electron chi connectivity index (χ4n) is 2.98. The molecule has 1 fully saturated rings. The van der Waals surface area contributed by atoms with Crippen LogP contribution in [-0.4, -0.2) is 28.8 Å². The van der Waals surface area contributed by atoms with Gasteiger partial charge < -0.3 is 20.1 Å². The van der Waals surface area contributed by atoms with Gasteiger partial charge in [-0.05, 0) is 54.8 Å². The van der Waals surface area contributed by atoms with Crippen LogP contribution in [0.5, 0.6) is 5.75 Å². The molecule has 1 aliphatic rings. The van der Waals surface area contributed by atoms with Crippen LogP contribution in [0.3, 0.4) is 0 Å². The number of carbonyl (C=O) groups is 1. The first kappa shape index (κ1) is 18.9. The average Bonchev–Trinajstić information content (AvgIpc) is 3.31. The van der Waals surface area contributed by atoms with Crippen LogP contribution in [0.15, 0.2) is 66.7 Å². The maximum Gasteiger partial charge on any atom is 0.254 e. The van der Waals surface area contributed by atoms with Crippen LogP contribution in [0.25, 0.3) is 0 Å². The Morgan fingerprint density at radius 2 is 1.76 bits per heavy atom. The maximum atomic E-state index is 12.0. The number of ether oxygens (including phenoxy) is 2. The zero-order chi connectivity index (χ0) is 19.9. The molecule has 1 aromatic heterocycles. The zero-order valence-electron chi connectivity index (χ0n) is 15.9. The molecule has 148 valence electrons. The third kappa shape index (κ3) is 5.30. The minimum Gasteiger partial charge on any atom is -0.489 e. The average molecular weight is 390 g/mol. The van der Waals surface area contributed by atoms with Gasteiger partial charge in [0, 0.05) is 12.3 Å². The van der Waals surface area contributed by atoms with Crippen molar-refractivity contribution in [2.75, 3.05) is 17.2 Å². The van der Waals surface area contributed by atoms with Gasteiger partial charge in [0.1, 0.15) is 18.5 Å². The first-order valence-electron chi connectivity index (χ1n) is 9.56. The normalized spacial score (nSPS) is 15.7. The molecule has 0 aliphatic carbocycles. The number of aromatic nitrogens is 2. The Balaban J connectivity index is 1.29. The van der Waals surface area contributed by atoms with Crippen molar-refractivity contribution in [2.24, 2.45) is 0 Å². The Morgan fingerprint density at radius 1 is 1.00 bits per heavy atom. The molecule has 1 unspecified atom stereocenters. The molecule has 1 saturated heterocycles. The number of hydrogen-bond donors (Lipinski definition) is 2. The summed E-state index contributed by atoms with van der Waals surface area (Å²) in [6.45, 7) is 1.15. The maximum absolute atomic E-state index is 12.0. The van der Waals surface area contributed by atoms with Crippen LogP contribution in [0.1, 0.15) is 18.4 Å². The van der Waals surface area contributed by atoms with E-state index in [1.807, 2.05) is 54.6 Å². The van der Waals surface area contributed by atoms with E-state index in [9.17, 15) is 4.79 Å². The molecule has 1 amide bonds. The predicted octanol–water partition coefficient (Wildman–Crippen LogP) is 3.92. The lowest BCUT2D eigenvalue weighted by atomic mass is 10.2. The fraction of sp³-hybridized carbons (Fsp3) is 0.227. The summed E-state index contributed by atoms with van der Waals surface area (Å²) in [7, 11) is 0. The highest BCUT2D eigenvalue weighted by atomic mass is 16.5. The van der Waals surface area contributed by atoms with Gasteiger partial charge in [0.25, 0.3) is 5.91 Å². The number of benzene rings is 2. The Hall–Kier alpha value is -3.45. The zero-order valence-corrected chi connectivity index (χ0v) is 15.9. The van der Waals surface area contributed by atoms with Crippen molar-refractivity contribution in [1.82, 2.24) is 10.2 Å². The Morgan fingerprint density at radius 3 is 2.45 bits per heavy atom. The van der Waals surface area contributed by atoms with Gasteiger partial charge >= 0.3 is 0 Å². The molecule has 29 heavy (non-hydrogen) atoms. The van der Waals surface area contributed by atoms with Crippen LogP contribution in [0.4, 0.5) is 17.3 Å². The minimum absolute atomic E-state index is 0.177.